The summed E-state index contributed by atoms with van der Waals surface area (Å²) in [6.45, 7) is 9.87. The van der Waals surface area contributed by atoms with E-state index in [1.807, 2.05) is 0 Å². The number of fused-ring (bicyclic) bond motifs is 3. The second kappa shape index (κ2) is 8.53. The van der Waals surface area contributed by atoms with Crippen LogP contribution in [0, 0.1) is 6.92 Å². The third-order valence-corrected chi connectivity index (χ3v) is 7.33. The van der Waals surface area contributed by atoms with Crippen LogP contribution in [-0.4, -0.2) is 13.2 Å². The highest BCUT2D eigenvalue weighted by molar-refractivity contribution is 5.85. The van der Waals surface area contributed by atoms with Crippen molar-refractivity contribution in [3.63, 3.8) is 0 Å². The van der Waals surface area contributed by atoms with Gasteiger partial charge in [-0.2, -0.15) is 0 Å². The number of ether oxygens (including phenoxy) is 2. The summed E-state index contributed by atoms with van der Waals surface area (Å²) in [6.07, 6.45) is 1.79. The average Bonchev–Trinajstić information content (AvgIpc) is 3.52. The number of benzene rings is 4. The Hall–Kier alpha value is -3.66. The van der Waals surface area contributed by atoms with E-state index in [9.17, 15) is 0 Å². The molecule has 0 spiro atoms. The number of rotatable bonds is 5. The zero-order valence-corrected chi connectivity index (χ0v) is 20.2. The van der Waals surface area contributed by atoms with Gasteiger partial charge in [0.25, 0.3) is 0 Å². The van der Waals surface area contributed by atoms with Crippen molar-refractivity contribution >= 4 is 11.4 Å². The Kier molecular flexibility index (Phi) is 5.32. The minimum absolute atomic E-state index is 0.276. The highest BCUT2D eigenvalue weighted by Gasteiger charge is 2.38. The molecule has 1 N–H and O–H groups in total. The number of hydrogen-bond acceptors (Lipinski definition) is 3. The summed E-state index contributed by atoms with van der Waals surface area (Å²) in [6, 6.07) is 30.4. The van der Waals surface area contributed by atoms with Gasteiger partial charge in [-0.1, -0.05) is 60.2 Å². The molecular formula is C32H29NO2. The monoisotopic (exact) mass is 459 g/mol. The molecule has 0 saturated carbocycles. The molecule has 4 aromatic rings. The third kappa shape index (κ3) is 3.78. The molecule has 0 aromatic heterocycles. The number of nitrogens with one attached hydrogen (secondary N) is 1. The van der Waals surface area contributed by atoms with Crippen molar-refractivity contribution in [2.24, 2.45) is 0 Å². The van der Waals surface area contributed by atoms with Gasteiger partial charge in [-0.25, -0.2) is 0 Å². The van der Waals surface area contributed by atoms with Crippen LogP contribution in [0.4, 0.5) is 11.4 Å². The van der Waals surface area contributed by atoms with Crippen LogP contribution in [0.2, 0.25) is 0 Å². The van der Waals surface area contributed by atoms with Crippen LogP contribution >= 0.6 is 0 Å². The summed E-state index contributed by atoms with van der Waals surface area (Å²) in [7, 11) is 0. The van der Waals surface area contributed by atoms with Crippen LogP contribution in [0.15, 0.2) is 97.6 Å². The molecule has 1 saturated heterocycles. The summed E-state index contributed by atoms with van der Waals surface area (Å²) in [5, 5.41) is 3.48. The van der Waals surface area contributed by atoms with E-state index in [4.69, 9.17) is 9.47 Å². The Morgan fingerprint density at radius 2 is 1.34 bits per heavy atom. The normalized spacial score (nSPS) is 18.8. The second-order valence-corrected chi connectivity index (χ2v) is 9.61. The lowest BCUT2D eigenvalue weighted by Crippen LogP contribution is -2.17. The number of allylic oxidation sites excluding steroid dienone is 1. The second-order valence-electron chi connectivity index (χ2n) is 9.61. The molecule has 0 bridgehead atoms. The molecule has 174 valence electrons. The van der Waals surface area contributed by atoms with Crippen LogP contribution in [0.3, 0.4) is 0 Å². The van der Waals surface area contributed by atoms with Gasteiger partial charge < -0.3 is 14.8 Å². The summed E-state index contributed by atoms with van der Waals surface area (Å²) in [4.78, 5) is 0. The van der Waals surface area contributed by atoms with Crippen molar-refractivity contribution in [1.82, 2.24) is 0 Å². The first kappa shape index (κ1) is 21.8. The van der Waals surface area contributed by atoms with Gasteiger partial charge in [-0.3, -0.25) is 0 Å². The first-order valence-electron chi connectivity index (χ1n) is 12.2. The van der Waals surface area contributed by atoms with Crippen LogP contribution < -0.4 is 5.32 Å². The molecule has 0 amide bonds. The zero-order valence-electron chi connectivity index (χ0n) is 20.2. The lowest BCUT2D eigenvalue weighted by atomic mass is 9.79. The molecule has 1 heterocycles. The molecule has 2 aliphatic rings. The summed E-state index contributed by atoms with van der Waals surface area (Å²) < 4.78 is 11.5. The quantitative estimate of drug-likeness (QED) is 0.307. The Bertz CT molecular complexity index is 1400. The lowest BCUT2D eigenvalue weighted by molar-refractivity contribution is -0.0441. The van der Waals surface area contributed by atoms with Crippen molar-refractivity contribution in [3.05, 3.63) is 120 Å². The summed E-state index contributed by atoms with van der Waals surface area (Å²) in [5.74, 6) is 0. The molecule has 4 aromatic carbocycles. The molecule has 35 heavy (non-hydrogen) atoms. The SMILES string of the molecule is C=CC1(C)c2cc(-c3ccc(Nc4ccc(C)cc4)cc3)ccc2-c2ccc(C3OCCO3)cc21. The molecule has 1 aliphatic carbocycles. The smallest absolute Gasteiger partial charge is 0.184 e. The average molecular weight is 460 g/mol. The number of hydrogen-bond donors (Lipinski definition) is 1. The first-order valence-corrected chi connectivity index (χ1v) is 12.2. The van der Waals surface area contributed by atoms with Crippen molar-refractivity contribution in [1.29, 1.82) is 0 Å². The van der Waals surface area contributed by atoms with E-state index in [0.29, 0.717) is 13.2 Å². The predicted octanol–water partition coefficient (Wildman–Crippen LogP) is 7.92. The standard InChI is InChI=1S/C32H29NO2/c1-4-32(3)29-19-23(22-7-13-26(14-8-22)33-25-11-5-21(2)6-12-25)9-15-27(29)28-16-10-24(20-30(28)32)31-34-17-18-35-31/h4-16,19-20,31,33H,1,17-18H2,2-3H3. The van der Waals surface area contributed by atoms with Gasteiger partial charge in [0.2, 0.25) is 0 Å². The summed E-state index contributed by atoms with van der Waals surface area (Å²) in [5.41, 5.74) is 11.7. The predicted molar refractivity (Wildman–Crippen MR) is 143 cm³/mol. The maximum absolute atomic E-state index is 5.75. The fraction of sp³-hybridized carbons (Fsp3) is 0.188. The van der Waals surface area contributed by atoms with E-state index < -0.39 is 0 Å². The van der Waals surface area contributed by atoms with E-state index in [2.05, 4.69) is 117 Å². The molecule has 6 rings (SSSR count). The van der Waals surface area contributed by atoms with Gasteiger partial charge in [0.15, 0.2) is 6.29 Å². The molecule has 1 unspecified atom stereocenters. The maximum Gasteiger partial charge on any atom is 0.184 e. The Labute approximate surface area is 207 Å². The molecule has 3 heteroatoms. The molecule has 1 atom stereocenters. The fourth-order valence-corrected chi connectivity index (χ4v) is 5.23. The van der Waals surface area contributed by atoms with E-state index in [-0.39, 0.29) is 11.7 Å². The van der Waals surface area contributed by atoms with Crippen molar-refractivity contribution in [2.45, 2.75) is 25.6 Å². The van der Waals surface area contributed by atoms with Crippen molar-refractivity contribution in [3.8, 4) is 22.3 Å². The molecule has 1 fully saturated rings. The topological polar surface area (TPSA) is 30.5 Å². The number of anilines is 2. The zero-order chi connectivity index (χ0) is 24.0. The van der Waals surface area contributed by atoms with E-state index in [0.717, 1.165) is 16.9 Å². The first-order chi connectivity index (χ1) is 17.0. The van der Waals surface area contributed by atoms with Gasteiger partial charge >= 0.3 is 0 Å². The Morgan fingerprint density at radius 3 is 2.00 bits per heavy atom. The van der Waals surface area contributed by atoms with E-state index in [1.165, 1.54) is 38.9 Å². The van der Waals surface area contributed by atoms with E-state index in [1.54, 1.807) is 0 Å². The van der Waals surface area contributed by atoms with E-state index >= 15 is 0 Å². The lowest BCUT2D eigenvalue weighted by Gasteiger charge is -2.24. The van der Waals surface area contributed by atoms with Gasteiger partial charge in [0, 0.05) is 22.4 Å². The third-order valence-electron chi connectivity index (χ3n) is 7.33. The van der Waals surface area contributed by atoms with Gasteiger partial charge in [0.05, 0.1) is 13.2 Å². The van der Waals surface area contributed by atoms with Gasteiger partial charge in [0.1, 0.15) is 0 Å². The molecule has 0 radical (unpaired) electrons. The molecule has 1 aliphatic heterocycles. The van der Waals surface area contributed by atoms with Gasteiger partial charge in [-0.05, 0) is 83.6 Å². The highest BCUT2D eigenvalue weighted by atomic mass is 16.7. The summed E-state index contributed by atoms with van der Waals surface area (Å²) >= 11 is 0. The van der Waals surface area contributed by atoms with Crippen molar-refractivity contribution in [2.75, 3.05) is 18.5 Å². The van der Waals surface area contributed by atoms with Crippen LogP contribution in [0.5, 0.6) is 0 Å². The fourth-order valence-electron chi connectivity index (χ4n) is 5.23. The van der Waals surface area contributed by atoms with Crippen molar-refractivity contribution < 1.29 is 9.47 Å². The van der Waals surface area contributed by atoms with Crippen LogP contribution in [0.25, 0.3) is 22.3 Å². The minimum Gasteiger partial charge on any atom is -0.356 e. The van der Waals surface area contributed by atoms with Gasteiger partial charge in [-0.15, -0.1) is 6.58 Å². The molecular weight excluding hydrogens is 430 g/mol. The maximum atomic E-state index is 5.75. The van der Waals surface area contributed by atoms with Crippen LogP contribution in [-0.2, 0) is 14.9 Å². The highest BCUT2D eigenvalue weighted by Crippen LogP contribution is 2.51. The Balaban J connectivity index is 1.32. The Morgan fingerprint density at radius 1 is 0.771 bits per heavy atom. The van der Waals surface area contributed by atoms with Crippen LogP contribution in [0.1, 0.15) is 35.5 Å². The largest absolute Gasteiger partial charge is 0.356 e. The number of aryl methyl sites for hydroxylation is 1. The minimum atomic E-state index is -0.277. The molecule has 3 nitrogen and oxygen atoms in total.